The van der Waals surface area contributed by atoms with E-state index in [2.05, 4.69) is 5.32 Å². The first kappa shape index (κ1) is 18.8. The summed E-state index contributed by atoms with van der Waals surface area (Å²) in [5, 5.41) is 3.04. The summed E-state index contributed by atoms with van der Waals surface area (Å²) in [5.74, 6) is -0.622. The number of hydrogen-bond acceptors (Lipinski definition) is 3. The van der Waals surface area contributed by atoms with Crippen molar-refractivity contribution in [3.63, 3.8) is 0 Å². The second-order valence-electron chi connectivity index (χ2n) is 6.85. The molecular weight excluding hydrogens is 340 g/mol. The first-order chi connectivity index (χ1) is 13.0. The van der Waals surface area contributed by atoms with Crippen LogP contribution in [-0.2, 0) is 4.79 Å². The fourth-order valence-corrected chi connectivity index (χ4v) is 3.33. The van der Waals surface area contributed by atoms with Gasteiger partial charge in [-0.2, -0.15) is 0 Å². The van der Waals surface area contributed by atoms with Crippen molar-refractivity contribution >= 4 is 17.7 Å². The van der Waals surface area contributed by atoms with Crippen LogP contribution in [-0.4, -0.2) is 29.2 Å². The Kier molecular flexibility index (Phi) is 5.69. The van der Waals surface area contributed by atoms with Gasteiger partial charge in [0, 0.05) is 13.0 Å². The van der Waals surface area contributed by atoms with Gasteiger partial charge in [-0.05, 0) is 37.5 Å². The van der Waals surface area contributed by atoms with Crippen molar-refractivity contribution in [3.8, 4) is 0 Å². The topological polar surface area (TPSA) is 66.5 Å². The Labute approximate surface area is 159 Å². The molecule has 2 aromatic rings. The zero-order valence-electron chi connectivity index (χ0n) is 15.7. The molecule has 0 bridgehead atoms. The van der Waals surface area contributed by atoms with Crippen molar-refractivity contribution < 1.29 is 14.4 Å². The summed E-state index contributed by atoms with van der Waals surface area (Å²) in [6, 6.07) is 14.9. The van der Waals surface area contributed by atoms with Crippen LogP contribution in [0.15, 0.2) is 48.5 Å². The maximum Gasteiger partial charge on any atom is 0.261 e. The SMILES string of the molecule is CC[C@@H](NC(=O)CCCN1C(=O)c2ccccc2C1=O)c1ccc(C)cc1. The summed E-state index contributed by atoms with van der Waals surface area (Å²) < 4.78 is 0. The van der Waals surface area contributed by atoms with E-state index in [1.807, 2.05) is 38.1 Å². The normalized spacial score (nSPS) is 14.2. The van der Waals surface area contributed by atoms with Gasteiger partial charge >= 0.3 is 0 Å². The van der Waals surface area contributed by atoms with E-state index in [4.69, 9.17) is 0 Å². The molecule has 1 aliphatic heterocycles. The molecule has 2 aromatic carbocycles. The van der Waals surface area contributed by atoms with Gasteiger partial charge in [-0.3, -0.25) is 19.3 Å². The largest absolute Gasteiger partial charge is 0.349 e. The zero-order chi connectivity index (χ0) is 19.4. The number of hydrogen-bond donors (Lipinski definition) is 1. The van der Waals surface area contributed by atoms with E-state index in [1.54, 1.807) is 24.3 Å². The molecule has 27 heavy (non-hydrogen) atoms. The van der Waals surface area contributed by atoms with Gasteiger partial charge < -0.3 is 5.32 Å². The number of rotatable bonds is 7. The van der Waals surface area contributed by atoms with E-state index in [1.165, 1.54) is 10.5 Å². The molecule has 140 valence electrons. The number of fused-ring (bicyclic) bond motifs is 1. The van der Waals surface area contributed by atoms with Crippen molar-refractivity contribution in [2.75, 3.05) is 6.54 Å². The second-order valence-corrected chi connectivity index (χ2v) is 6.85. The molecule has 3 amide bonds. The van der Waals surface area contributed by atoms with Crippen LogP contribution in [0.1, 0.15) is 64.1 Å². The molecule has 3 rings (SSSR count). The molecule has 1 heterocycles. The molecule has 5 nitrogen and oxygen atoms in total. The minimum atomic E-state index is -0.276. The molecule has 0 unspecified atom stereocenters. The molecular formula is C22H24N2O3. The highest BCUT2D eigenvalue weighted by Crippen LogP contribution is 2.23. The maximum absolute atomic E-state index is 12.3. The summed E-state index contributed by atoms with van der Waals surface area (Å²) in [6.45, 7) is 4.31. The molecule has 1 aliphatic rings. The average molecular weight is 364 g/mol. The van der Waals surface area contributed by atoms with Crippen molar-refractivity contribution in [2.24, 2.45) is 0 Å². The fraction of sp³-hybridized carbons (Fsp3) is 0.318. The minimum Gasteiger partial charge on any atom is -0.349 e. The highest BCUT2D eigenvalue weighted by molar-refractivity contribution is 6.21. The molecule has 0 saturated heterocycles. The highest BCUT2D eigenvalue weighted by atomic mass is 16.2. The molecule has 5 heteroatoms. The Bertz CT molecular complexity index is 823. The van der Waals surface area contributed by atoms with Crippen LogP contribution in [0.4, 0.5) is 0 Å². The number of nitrogens with one attached hydrogen (secondary N) is 1. The summed E-state index contributed by atoms with van der Waals surface area (Å²) in [7, 11) is 0. The quantitative estimate of drug-likeness (QED) is 0.763. The number of carbonyl (C=O) groups excluding carboxylic acids is 3. The Morgan fingerprint density at radius 2 is 1.59 bits per heavy atom. The Hall–Kier alpha value is -2.95. The van der Waals surface area contributed by atoms with Crippen molar-refractivity contribution in [1.29, 1.82) is 0 Å². The van der Waals surface area contributed by atoms with Gasteiger partial charge in [0.15, 0.2) is 0 Å². The highest BCUT2D eigenvalue weighted by Gasteiger charge is 2.34. The summed E-state index contributed by atoms with van der Waals surface area (Å²) in [6.07, 6.45) is 1.52. The van der Waals surface area contributed by atoms with Crippen molar-refractivity contribution in [2.45, 2.75) is 39.2 Å². The van der Waals surface area contributed by atoms with Gasteiger partial charge in [-0.1, -0.05) is 48.9 Å². The zero-order valence-corrected chi connectivity index (χ0v) is 15.7. The van der Waals surface area contributed by atoms with Crippen LogP contribution >= 0.6 is 0 Å². The van der Waals surface area contributed by atoms with Crippen LogP contribution in [0.5, 0.6) is 0 Å². The van der Waals surface area contributed by atoms with E-state index in [0.717, 1.165) is 12.0 Å². The summed E-state index contributed by atoms with van der Waals surface area (Å²) in [4.78, 5) is 38.2. The van der Waals surface area contributed by atoms with E-state index < -0.39 is 0 Å². The average Bonchev–Trinajstić information content (AvgIpc) is 2.92. The number of nitrogens with zero attached hydrogens (tertiary/aromatic N) is 1. The number of benzene rings is 2. The van der Waals surface area contributed by atoms with Crippen molar-refractivity contribution in [3.05, 3.63) is 70.8 Å². The lowest BCUT2D eigenvalue weighted by atomic mass is 10.0. The molecule has 1 N–H and O–H groups in total. The van der Waals surface area contributed by atoms with E-state index in [-0.39, 0.29) is 36.7 Å². The smallest absolute Gasteiger partial charge is 0.261 e. The van der Waals surface area contributed by atoms with Gasteiger partial charge in [0.2, 0.25) is 5.91 Å². The second kappa shape index (κ2) is 8.16. The van der Waals surface area contributed by atoms with Gasteiger partial charge in [0.05, 0.1) is 17.2 Å². The molecule has 1 atom stereocenters. The van der Waals surface area contributed by atoms with Crippen molar-refractivity contribution in [1.82, 2.24) is 10.2 Å². The fourth-order valence-electron chi connectivity index (χ4n) is 3.33. The Morgan fingerprint density at radius 1 is 1.00 bits per heavy atom. The van der Waals surface area contributed by atoms with Crippen LogP contribution in [0, 0.1) is 6.92 Å². The lowest BCUT2D eigenvalue weighted by Gasteiger charge is -2.18. The lowest BCUT2D eigenvalue weighted by Crippen LogP contribution is -2.32. The monoisotopic (exact) mass is 364 g/mol. The third kappa shape index (κ3) is 4.08. The molecule has 0 aromatic heterocycles. The standard InChI is InChI=1S/C22H24N2O3/c1-3-19(16-12-10-15(2)11-13-16)23-20(25)9-6-14-24-21(26)17-7-4-5-8-18(17)22(24)27/h4-5,7-8,10-13,19H,3,6,9,14H2,1-2H3,(H,23,25)/t19-/m1/s1. The van der Waals surface area contributed by atoms with E-state index in [0.29, 0.717) is 17.5 Å². The molecule has 0 radical (unpaired) electrons. The summed E-state index contributed by atoms with van der Waals surface area (Å²) >= 11 is 0. The predicted molar refractivity (Wildman–Crippen MR) is 103 cm³/mol. The molecule has 0 aliphatic carbocycles. The molecule has 0 saturated carbocycles. The van der Waals surface area contributed by atoms with Gasteiger partial charge in [-0.25, -0.2) is 0 Å². The predicted octanol–water partition coefficient (Wildman–Crippen LogP) is 3.64. The summed E-state index contributed by atoms with van der Waals surface area (Å²) in [5.41, 5.74) is 3.15. The first-order valence-corrected chi connectivity index (χ1v) is 9.32. The third-order valence-electron chi connectivity index (χ3n) is 4.89. The lowest BCUT2D eigenvalue weighted by molar-refractivity contribution is -0.122. The van der Waals surface area contributed by atoms with Gasteiger partial charge in [0.25, 0.3) is 11.8 Å². The first-order valence-electron chi connectivity index (χ1n) is 9.32. The van der Waals surface area contributed by atoms with Gasteiger partial charge in [-0.15, -0.1) is 0 Å². The van der Waals surface area contributed by atoms with Crippen LogP contribution in [0.25, 0.3) is 0 Å². The number of aryl methyl sites for hydroxylation is 1. The number of amides is 3. The molecule has 0 spiro atoms. The molecule has 0 fully saturated rings. The van der Waals surface area contributed by atoms with Crippen LogP contribution in [0.2, 0.25) is 0 Å². The van der Waals surface area contributed by atoms with E-state index >= 15 is 0 Å². The van der Waals surface area contributed by atoms with Crippen LogP contribution in [0.3, 0.4) is 0 Å². The third-order valence-corrected chi connectivity index (χ3v) is 4.89. The maximum atomic E-state index is 12.3. The van der Waals surface area contributed by atoms with Gasteiger partial charge in [0.1, 0.15) is 0 Å². The number of carbonyl (C=O) groups is 3. The van der Waals surface area contributed by atoms with E-state index in [9.17, 15) is 14.4 Å². The Balaban J connectivity index is 1.52. The van der Waals surface area contributed by atoms with Crippen LogP contribution < -0.4 is 5.32 Å². The number of imide groups is 1. The minimum absolute atomic E-state index is 0.0302. The Morgan fingerprint density at radius 3 is 2.15 bits per heavy atom.